The molecule has 2 aromatic rings. The highest BCUT2D eigenvalue weighted by molar-refractivity contribution is 7.89. The molecule has 2 rings (SSSR count). The van der Waals surface area contributed by atoms with Crippen LogP contribution in [0.1, 0.15) is 12.5 Å². The third-order valence-corrected chi connectivity index (χ3v) is 6.40. The van der Waals surface area contributed by atoms with Gasteiger partial charge in [-0.2, -0.15) is 0 Å². The number of carbonyl (C=O) groups excluding carboxylic acids is 1. The zero-order chi connectivity index (χ0) is 20.9. The van der Waals surface area contributed by atoms with Crippen molar-refractivity contribution in [3.05, 3.63) is 59.9 Å². The summed E-state index contributed by atoms with van der Waals surface area (Å²) < 4.78 is 38.6. The first-order valence-electron chi connectivity index (χ1n) is 8.89. The van der Waals surface area contributed by atoms with Crippen molar-refractivity contribution in [3.63, 3.8) is 0 Å². The molecule has 0 aliphatic heterocycles. The molecule has 0 spiro atoms. The first-order chi connectivity index (χ1) is 13.1. The Balaban J connectivity index is 1.98. The first-order valence-corrected chi connectivity index (χ1v) is 10.3. The lowest BCUT2D eigenvalue weighted by Gasteiger charge is -2.24. The number of halogens is 1. The average molecular weight is 408 g/mol. The number of nitrogens with one attached hydrogen (secondary N) is 1. The minimum Gasteiger partial charge on any atom is -0.325 e. The molecule has 28 heavy (non-hydrogen) atoms. The fraction of sp³-hybridized carbons (Fsp3) is 0.350. The molecule has 0 aromatic heterocycles. The summed E-state index contributed by atoms with van der Waals surface area (Å²) in [6.07, 6.45) is 0.685. The number of amides is 1. The molecule has 0 heterocycles. The number of anilines is 1. The zero-order valence-corrected chi connectivity index (χ0v) is 17.3. The monoisotopic (exact) mass is 407 g/mol. The Labute approximate surface area is 166 Å². The summed E-state index contributed by atoms with van der Waals surface area (Å²) >= 11 is 0. The molecule has 0 aliphatic carbocycles. The van der Waals surface area contributed by atoms with Crippen LogP contribution in [-0.4, -0.2) is 57.3 Å². The van der Waals surface area contributed by atoms with Crippen LogP contribution in [0.15, 0.2) is 53.4 Å². The van der Waals surface area contributed by atoms with Crippen LogP contribution < -0.4 is 5.32 Å². The van der Waals surface area contributed by atoms with Gasteiger partial charge < -0.3 is 5.32 Å². The van der Waals surface area contributed by atoms with E-state index in [1.807, 2.05) is 11.9 Å². The van der Waals surface area contributed by atoms with Gasteiger partial charge >= 0.3 is 0 Å². The van der Waals surface area contributed by atoms with Crippen LogP contribution >= 0.6 is 0 Å². The van der Waals surface area contributed by atoms with Crippen molar-refractivity contribution in [2.45, 2.75) is 24.3 Å². The summed E-state index contributed by atoms with van der Waals surface area (Å²) in [6, 6.07) is 12.0. The second kappa shape index (κ2) is 9.27. The highest BCUT2D eigenvalue weighted by Gasteiger charge is 2.20. The number of hydrogen-bond acceptors (Lipinski definition) is 4. The van der Waals surface area contributed by atoms with Crippen molar-refractivity contribution in [2.75, 3.05) is 33.0 Å². The predicted molar refractivity (Wildman–Crippen MR) is 108 cm³/mol. The minimum atomic E-state index is -3.57. The summed E-state index contributed by atoms with van der Waals surface area (Å²) in [4.78, 5) is 14.5. The summed E-state index contributed by atoms with van der Waals surface area (Å²) in [6.45, 7) is 2.40. The Morgan fingerprint density at radius 3 is 2.36 bits per heavy atom. The van der Waals surface area contributed by atoms with E-state index in [4.69, 9.17) is 0 Å². The van der Waals surface area contributed by atoms with Crippen molar-refractivity contribution < 1.29 is 17.6 Å². The van der Waals surface area contributed by atoms with Crippen LogP contribution in [0.3, 0.4) is 0 Å². The van der Waals surface area contributed by atoms with Gasteiger partial charge in [0.05, 0.1) is 10.9 Å². The molecule has 0 aliphatic rings. The molecule has 152 valence electrons. The normalized spacial score (nSPS) is 13.0. The van der Waals surface area contributed by atoms with Gasteiger partial charge in [-0.15, -0.1) is 0 Å². The molecule has 1 unspecified atom stereocenters. The fourth-order valence-corrected chi connectivity index (χ4v) is 3.49. The fourth-order valence-electron chi connectivity index (χ4n) is 2.54. The maximum absolute atomic E-state index is 13.0. The molecule has 2 aromatic carbocycles. The van der Waals surface area contributed by atoms with Crippen molar-refractivity contribution in [1.82, 2.24) is 9.21 Å². The van der Waals surface area contributed by atoms with Crippen LogP contribution in [0.2, 0.25) is 0 Å². The highest BCUT2D eigenvalue weighted by atomic mass is 32.2. The van der Waals surface area contributed by atoms with Gasteiger partial charge in [-0.3, -0.25) is 9.69 Å². The zero-order valence-electron chi connectivity index (χ0n) is 16.5. The molecule has 1 N–H and O–H groups in total. The number of benzene rings is 2. The van der Waals surface area contributed by atoms with Gasteiger partial charge in [-0.1, -0.05) is 18.2 Å². The topological polar surface area (TPSA) is 69.7 Å². The standard InChI is InChI=1S/C20H26FN3O3S/c1-15(24(4)13-12-16-8-10-17(21)11-9-16)20(25)22-18-6-5-7-19(14-18)28(26,27)23(2)3/h5-11,14-15H,12-13H2,1-4H3,(H,22,25). The first kappa shape index (κ1) is 22.0. The van der Waals surface area contributed by atoms with E-state index >= 15 is 0 Å². The number of nitrogens with zero attached hydrogens (tertiary/aromatic N) is 2. The van der Waals surface area contributed by atoms with Crippen LogP contribution in [0.5, 0.6) is 0 Å². The highest BCUT2D eigenvalue weighted by Crippen LogP contribution is 2.18. The number of rotatable bonds is 8. The predicted octanol–water partition coefficient (Wildman–Crippen LogP) is 2.58. The van der Waals surface area contributed by atoms with E-state index in [2.05, 4.69) is 5.32 Å². The van der Waals surface area contributed by atoms with Gasteiger partial charge in [-0.25, -0.2) is 17.1 Å². The van der Waals surface area contributed by atoms with Gasteiger partial charge in [-0.05, 0) is 56.3 Å². The SMILES string of the molecule is CC(C(=O)Nc1cccc(S(=O)(=O)N(C)C)c1)N(C)CCc1ccc(F)cc1. The number of carbonyl (C=O) groups is 1. The third kappa shape index (κ3) is 5.60. The second-order valence-electron chi connectivity index (χ2n) is 6.84. The maximum Gasteiger partial charge on any atom is 0.242 e. The molecule has 0 saturated carbocycles. The largest absolute Gasteiger partial charge is 0.325 e. The summed E-state index contributed by atoms with van der Waals surface area (Å²) in [5.41, 5.74) is 1.41. The molecule has 0 radical (unpaired) electrons. The van der Waals surface area contributed by atoms with E-state index in [0.29, 0.717) is 18.7 Å². The Morgan fingerprint density at radius 2 is 1.75 bits per heavy atom. The number of hydrogen-bond donors (Lipinski definition) is 1. The van der Waals surface area contributed by atoms with Crippen LogP contribution in [0.4, 0.5) is 10.1 Å². The second-order valence-corrected chi connectivity index (χ2v) is 8.99. The lowest BCUT2D eigenvalue weighted by atomic mass is 10.1. The number of sulfonamides is 1. The molecule has 8 heteroatoms. The van der Waals surface area contributed by atoms with E-state index < -0.39 is 16.1 Å². The van der Waals surface area contributed by atoms with Gasteiger partial charge in [0.2, 0.25) is 15.9 Å². The van der Waals surface area contributed by atoms with E-state index in [1.165, 1.54) is 38.4 Å². The van der Waals surface area contributed by atoms with Gasteiger partial charge in [0.25, 0.3) is 0 Å². The summed E-state index contributed by atoms with van der Waals surface area (Å²) in [5, 5.41) is 2.77. The van der Waals surface area contributed by atoms with E-state index in [0.717, 1.165) is 9.87 Å². The van der Waals surface area contributed by atoms with E-state index in [-0.39, 0.29) is 16.6 Å². The Kier molecular flexibility index (Phi) is 7.29. The lowest BCUT2D eigenvalue weighted by molar-refractivity contribution is -0.120. The van der Waals surface area contributed by atoms with Gasteiger partial charge in [0.15, 0.2) is 0 Å². The smallest absolute Gasteiger partial charge is 0.242 e. The van der Waals surface area contributed by atoms with Crippen molar-refractivity contribution >= 4 is 21.6 Å². The molecule has 1 atom stereocenters. The number of likely N-dealkylation sites (N-methyl/N-ethyl adjacent to an activating group) is 1. The Hall–Kier alpha value is -2.29. The van der Waals surface area contributed by atoms with E-state index in [9.17, 15) is 17.6 Å². The average Bonchev–Trinajstić information content (AvgIpc) is 2.66. The van der Waals surface area contributed by atoms with Crippen LogP contribution in [0, 0.1) is 5.82 Å². The molecule has 6 nitrogen and oxygen atoms in total. The van der Waals surface area contributed by atoms with Gasteiger partial charge in [0, 0.05) is 26.3 Å². The molecular weight excluding hydrogens is 381 g/mol. The lowest BCUT2D eigenvalue weighted by Crippen LogP contribution is -2.40. The Morgan fingerprint density at radius 1 is 1.11 bits per heavy atom. The van der Waals surface area contributed by atoms with Gasteiger partial charge in [0.1, 0.15) is 5.82 Å². The molecule has 0 bridgehead atoms. The van der Waals surface area contributed by atoms with Crippen molar-refractivity contribution in [2.24, 2.45) is 0 Å². The van der Waals surface area contributed by atoms with Crippen molar-refractivity contribution in [3.8, 4) is 0 Å². The molecule has 0 saturated heterocycles. The third-order valence-electron chi connectivity index (χ3n) is 4.59. The van der Waals surface area contributed by atoms with Crippen LogP contribution in [0.25, 0.3) is 0 Å². The van der Waals surface area contributed by atoms with Crippen molar-refractivity contribution in [1.29, 1.82) is 0 Å². The quantitative estimate of drug-likeness (QED) is 0.730. The summed E-state index contributed by atoms with van der Waals surface area (Å²) in [7, 11) is 1.18. The Bertz CT molecular complexity index is 915. The minimum absolute atomic E-state index is 0.118. The molecule has 0 fully saturated rings. The molecule has 1 amide bonds. The maximum atomic E-state index is 13.0. The van der Waals surface area contributed by atoms with Crippen LogP contribution in [-0.2, 0) is 21.2 Å². The van der Waals surface area contributed by atoms with E-state index in [1.54, 1.807) is 31.2 Å². The summed E-state index contributed by atoms with van der Waals surface area (Å²) in [5.74, 6) is -0.510. The molecular formula is C20H26FN3O3S.